The maximum Gasteiger partial charge on any atom is 0.0303 e. The van der Waals surface area contributed by atoms with Crippen LogP contribution in [0.25, 0.3) is 0 Å². The van der Waals surface area contributed by atoms with E-state index in [9.17, 15) is 0 Å². The fraction of sp³-hybridized carbons (Fsp3) is 0.636. The van der Waals surface area contributed by atoms with E-state index in [1.54, 1.807) is 0 Å². The van der Waals surface area contributed by atoms with Gasteiger partial charge in [0.05, 0.1) is 0 Å². The highest BCUT2D eigenvalue weighted by Crippen LogP contribution is 2.20. The van der Waals surface area contributed by atoms with Crippen LogP contribution in [-0.2, 0) is 6.54 Å². The average molecular weight is 210 g/mol. The Bertz CT molecular complexity index is 281. The minimum absolute atomic E-state index is 0.678. The summed E-state index contributed by atoms with van der Waals surface area (Å²) < 4.78 is 0. The van der Waals surface area contributed by atoms with Gasteiger partial charge in [-0.1, -0.05) is 0 Å². The number of aryl methyl sites for hydroxylation is 2. The predicted molar refractivity (Wildman–Crippen MR) is 61.9 cm³/mol. The molecule has 0 radical (unpaired) electrons. The van der Waals surface area contributed by atoms with Crippen molar-refractivity contribution in [3.05, 3.63) is 21.4 Å². The highest BCUT2D eigenvalue weighted by molar-refractivity contribution is 7.12. The Balaban J connectivity index is 1.85. The van der Waals surface area contributed by atoms with Crippen LogP contribution in [0.15, 0.2) is 6.07 Å². The minimum atomic E-state index is 0.678. The molecule has 2 N–H and O–H groups in total. The third kappa shape index (κ3) is 2.35. The van der Waals surface area contributed by atoms with Gasteiger partial charge >= 0.3 is 0 Å². The van der Waals surface area contributed by atoms with Crippen LogP contribution in [0.2, 0.25) is 0 Å². The Morgan fingerprint density at radius 3 is 3.00 bits per heavy atom. The Labute approximate surface area is 89.7 Å². The molecule has 2 rings (SSSR count). The highest BCUT2D eigenvalue weighted by Gasteiger charge is 2.13. The van der Waals surface area contributed by atoms with Gasteiger partial charge in [0.15, 0.2) is 0 Å². The lowest BCUT2D eigenvalue weighted by molar-refractivity contribution is 0.550. The van der Waals surface area contributed by atoms with Crippen molar-refractivity contribution in [1.29, 1.82) is 0 Å². The van der Waals surface area contributed by atoms with Crippen molar-refractivity contribution >= 4 is 11.3 Å². The van der Waals surface area contributed by atoms with Gasteiger partial charge in [-0.2, -0.15) is 0 Å². The van der Waals surface area contributed by atoms with Crippen molar-refractivity contribution < 1.29 is 0 Å². The Morgan fingerprint density at radius 1 is 1.57 bits per heavy atom. The average Bonchev–Trinajstić information content (AvgIpc) is 2.74. The second-order valence-electron chi connectivity index (χ2n) is 4.02. The van der Waals surface area contributed by atoms with Crippen LogP contribution in [0.1, 0.15) is 21.7 Å². The summed E-state index contributed by atoms with van der Waals surface area (Å²) in [6, 6.07) is 2.98. The van der Waals surface area contributed by atoms with Crippen LogP contribution in [0.4, 0.5) is 0 Å². The van der Waals surface area contributed by atoms with Gasteiger partial charge in [0.25, 0.3) is 0 Å². The molecule has 0 aromatic carbocycles. The Hall–Kier alpha value is -0.380. The summed E-state index contributed by atoms with van der Waals surface area (Å²) in [6.45, 7) is 7.71. The molecule has 0 spiro atoms. The van der Waals surface area contributed by atoms with Gasteiger partial charge in [-0.3, -0.25) is 0 Å². The second kappa shape index (κ2) is 4.43. The first-order valence-electron chi connectivity index (χ1n) is 5.25. The van der Waals surface area contributed by atoms with E-state index in [1.807, 2.05) is 11.3 Å². The van der Waals surface area contributed by atoms with E-state index in [4.69, 9.17) is 0 Å². The summed E-state index contributed by atoms with van der Waals surface area (Å²) >= 11 is 1.91. The Kier molecular flexibility index (Phi) is 3.21. The smallest absolute Gasteiger partial charge is 0.0303 e. The summed E-state index contributed by atoms with van der Waals surface area (Å²) in [5, 5.41) is 6.95. The van der Waals surface area contributed by atoms with Crippen LogP contribution in [0.3, 0.4) is 0 Å². The highest BCUT2D eigenvalue weighted by atomic mass is 32.1. The zero-order valence-corrected chi connectivity index (χ0v) is 9.71. The summed E-state index contributed by atoms with van der Waals surface area (Å²) in [7, 11) is 0. The number of thiophene rings is 1. The molecule has 1 aromatic heterocycles. The van der Waals surface area contributed by atoms with Crippen molar-refractivity contribution in [1.82, 2.24) is 10.6 Å². The molecule has 3 heteroatoms. The standard InChI is InChI=1S/C11H18N2S/c1-8-5-11(14-9(8)2)7-13-10-3-4-12-6-10/h5,10,12-13H,3-4,6-7H2,1-2H3. The van der Waals surface area contributed by atoms with Crippen molar-refractivity contribution in [2.45, 2.75) is 32.9 Å². The molecule has 0 aliphatic carbocycles. The van der Waals surface area contributed by atoms with Crippen LogP contribution >= 0.6 is 11.3 Å². The first kappa shape index (κ1) is 10.1. The number of nitrogens with one attached hydrogen (secondary N) is 2. The SMILES string of the molecule is Cc1cc(CNC2CCNC2)sc1C. The zero-order valence-electron chi connectivity index (χ0n) is 8.89. The summed E-state index contributed by atoms with van der Waals surface area (Å²) in [6.07, 6.45) is 1.27. The van der Waals surface area contributed by atoms with Gasteiger partial charge < -0.3 is 10.6 Å². The van der Waals surface area contributed by atoms with Crippen LogP contribution in [0, 0.1) is 13.8 Å². The predicted octanol–water partition coefficient (Wildman–Crippen LogP) is 1.82. The molecule has 14 heavy (non-hydrogen) atoms. The van der Waals surface area contributed by atoms with Crippen molar-refractivity contribution in [3.8, 4) is 0 Å². The van der Waals surface area contributed by atoms with E-state index in [2.05, 4.69) is 30.5 Å². The third-order valence-electron chi connectivity index (χ3n) is 2.84. The van der Waals surface area contributed by atoms with E-state index >= 15 is 0 Å². The molecule has 0 amide bonds. The molecule has 1 aliphatic heterocycles. The van der Waals surface area contributed by atoms with E-state index in [0.717, 1.165) is 13.1 Å². The third-order valence-corrected chi connectivity index (χ3v) is 3.99. The molecule has 1 aromatic rings. The molecule has 1 saturated heterocycles. The first-order valence-corrected chi connectivity index (χ1v) is 6.07. The molecule has 2 nitrogen and oxygen atoms in total. The lowest BCUT2D eigenvalue weighted by Crippen LogP contribution is -2.30. The quantitative estimate of drug-likeness (QED) is 0.795. The largest absolute Gasteiger partial charge is 0.315 e. The number of hydrogen-bond donors (Lipinski definition) is 2. The summed E-state index contributed by atoms with van der Waals surface area (Å²) in [4.78, 5) is 2.92. The van der Waals surface area contributed by atoms with Gasteiger partial charge in [-0.05, 0) is 38.4 Å². The van der Waals surface area contributed by atoms with E-state index in [1.165, 1.54) is 28.3 Å². The normalized spacial score (nSPS) is 21.7. The lowest BCUT2D eigenvalue weighted by atomic mass is 10.2. The van der Waals surface area contributed by atoms with E-state index in [-0.39, 0.29) is 0 Å². The zero-order chi connectivity index (χ0) is 9.97. The summed E-state index contributed by atoms with van der Waals surface area (Å²) in [5.74, 6) is 0. The van der Waals surface area contributed by atoms with Crippen LogP contribution < -0.4 is 10.6 Å². The molecule has 1 aliphatic rings. The Morgan fingerprint density at radius 2 is 2.43 bits per heavy atom. The first-order chi connectivity index (χ1) is 6.75. The molecule has 0 saturated carbocycles. The number of hydrogen-bond acceptors (Lipinski definition) is 3. The van der Waals surface area contributed by atoms with Gasteiger partial charge in [0.2, 0.25) is 0 Å². The second-order valence-corrected chi connectivity index (χ2v) is 5.36. The lowest BCUT2D eigenvalue weighted by Gasteiger charge is -2.09. The minimum Gasteiger partial charge on any atom is -0.315 e. The molecule has 1 fully saturated rings. The molecule has 2 heterocycles. The molecular formula is C11H18N2S. The monoisotopic (exact) mass is 210 g/mol. The molecule has 78 valence electrons. The maximum atomic E-state index is 3.59. The van der Waals surface area contributed by atoms with E-state index < -0.39 is 0 Å². The molecular weight excluding hydrogens is 192 g/mol. The maximum absolute atomic E-state index is 3.59. The van der Waals surface area contributed by atoms with Crippen molar-refractivity contribution in [2.75, 3.05) is 13.1 Å². The van der Waals surface area contributed by atoms with E-state index in [0.29, 0.717) is 6.04 Å². The van der Waals surface area contributed by atoms with Gasteiger partial charge in [-0.25, -0.2) is 0 Å². The van der Waals surface area contributed by atoms with Crippen molar-refractivity contribution in [2.24, 2.45) is 0 Å². The fourth-order valence-electron chi connectivity index (χ4n) is 1.81. The fourth-order valence-corrected chi connectivity index (χ4v) is 2.82. The molecule has 1 unspecified atom stereocenters. The van der Waals surface area contributed by atoms with Gasteiger partial charge in [0, 0.05) is 28.9 Å². The molecule has 1 atom stereocenters. The van der Waals surface area contributed by atoms with Crippen LogP contribution in [-0.4, -0.2) is 19.1 Å². The van der Waals surface area contributed by atoms with Gasteiger partial charge in [-0.15, -0.1) is 11.3 Å². The topological polar surface area (TPSA) is 24.1 Å². The molecule has 0 bridgehead atoms. The number of rotatable bonds is 3. The summed E-state index contributed by atoms with van der Waals surface area (Å²) in [5.41, 5.74) is 1.43. The van der Waals surface area contributed by atoms with Gasteiger partial charge in [0.1, 0.15) is 0 Å². The van der Waals surface area contributed by atoms with Crippen LogP contribution in [0.5, 0.6) is 0 Å². The van der Waals surface area contributed by atoms with Crippen molar-refractivity contribution in [3.63, 3.8) is 0 Å².